The van der Waals surface area contributed by atoms with E-state index in [2.05, 4.69) is 23.5 Å². The summed E-state index contributed by atoms with van der Waals surface area (Å²) in [7, 11) is 1.77. The molecule has 1 aromatic rings. The van der Waals surface area contributed by atoms with Gasteiger partial charge in [-0.15, -0.1) is 0 Å². The summed E-state index contributed by atoms with van der Waals surface area (Å²) in [6, 6.07) is 6.77. The molecule has 0 amide bonds. The molecule has 2 aliphatic heterocycles. The van der Waals surface area contributed by atoms with Crippen LogP contribution in [-0.4, -0.2) is 33.4 Å². The highest BCUT2D eigenvalue weighted by molar-refractivity contribution is 5.41. The molecule has 0 saturated carbocycles. The Morgan fingerprint density at radius 3 is 2.68 bits per heavy atom. The van der Waals surface area contributed by atoms with Gasteiger partial charge < -0.3 is 14.8 Å². The summed E-state index contributed by atoms with van der Waals surface area (Å²) in [6.07, 6.45) is 3.51. The van der Waals surface area contributed by atoms with Gasteiger partial charge in [-0.05, 0) is 48.9 Å². The normalized spacial score (nSPS) is 24.6. The number of rotatable bonds is 3. The zero-order valence-electron chi connectivity index (χ0n) is 11.7. The van der Waals surface area contributed by atoms with Crippen LogP contribution in [0.25, 0.3) is 0 Å². The molecule has 2 saturated heterocycles. The molecule has 3 nitrogen and oxygen atoms in total. The molecule has 0 bridgehead atoms. The van der Waals surface area contributed by atoms with Gasteiger partial charge in [-0.1, -0.05) is 12.1 Å². The van der Waals surface area contributed by atoms with Crippen LogP contribution in [0.2, 0.25) is 0 Å². The average Bonchev–Trinajstić information content (AvgIpc) is 3.01. The molecule has 1 unspecified atom stereocenters. The molecule has 3 rings (SSSR count). The summed E-state index contributed by atoms with van der Waals surface area (Å²) in [5.41, 5.74) is 2.85. The fraction of sp³-hybridized carbons (Fsp3) is 0.625. The molecule has 0 aliphatic carbocycles. The van der Waals surface area contributed by atoms with Crippen molar-refractivity contribution in [3.05, 3.63) is 29.3 Å². The van der Waals surface area contributed by atoms with Gasteiger partial charge in [0.15, 0.2) is 0 Å². The smallest absolute Gasteiger partial charge is 0.122 e. The Bertz CT molecular complexity index is 421. The van der Waals surface area contributed by atoms with Crippen LogP contribution in [0, 0.1) is 0 Å². The van der Waals surface area contributed by atoms with Gasteiger partial charge in [0.25, 0.3) is 0 Å². The molecule has 2 aliphatic rings. The van der Waals surface area contributed by atoms with Crippen molar-refractivity contribution in [3.63, 3.8) is 0 Å². The maximum atomic E-state index is 5.55. The summed E-state index contributed by atoms with van der Waals surface area (Å²) in [4.78, 5) is 0. The minimum Gasteiger partial charge on any atom is -0.496 e. The van der Waals surface area contributed by atoms with Crippen LogP contribution in [-0.2, 0) is 4.74 Å². The average molecular weight is 261 g/mol. The molecule has 2 fully saturated rings. The lowest BCUT2D eigenvalue weighted by Crippen LogP contribution is -2.15. The highest BCUT2D eigenvalue weighted by atomic mass is 16.5. The molecule has 0 spiro atoms. The van der Waals surface area contributed by atoms with Gasteiger partial charge in [-0.2, -0.15) is 0 Å². The van der Waals surface area contributed by atoms with E-state index in [0.717, 1.165) is 44.9 Å². The Hall–Kier alpha value is -1.06. The quantitative estimate of drug-likeness (QED) is 0.907. The summed E-state index contributed by atoms with van der Waals surface area (Å²) in [5, 5.41) is 3.45. The van der Waals surface area contributed by atoms with E-state index in [1.807, 2.05) is 0 Å². The second-order valence-electron chi connectivity index (χ2n) is 5.58. The Morgan fingerprint density at radius 2 is 2.00 bits per heavy atom. The number of nitrogens with one attached hydrogen (secondary N) is 1. The third-order valence-corrected chi connectivity index (χ3v) is 4.45. The standard InChI is InChI=1S/C16H23NO2/c1-18-16-3-2-13(12-5-8-19-9-6-12)10-15(16)14-4-7-17-11-14/h2-3,10,12,14,17H,4-9,11H2,1H3. The van der Waals surface area contributed by atoms with Crippen molar-refractivity contribution in [2.75, 3.05) is 33.4 Å². The van der Waals surface area contributed by atoms with Crippen LogP contribution >= 0.6 is 0 Å². The van der Waals surface area contributed by atoms with Gasteiger partial charge >= 0.3 is 0 Å². The molecule has 1 N–H and O–H groups in total. The lowest BCUT2D eigenvalue weighted by molar-refractivity contribution is 0.0853. The van der Waals surface area contributed by atoms with Crippen LogP contribution in [0.3, 0.4) is 0 Å². The molecule has 0 aromatic heterocycles. The highest BCUT2D eigenvalue weighted by Crippen LogP contribution is 2.35. The second-order valence-corrected chi connectivity index (χ2v) is 5.58. The number of hydrogen-bond donors (Lipinski definition) is 1. The lowest BCUT2D eigenvalue weighted by atomic mass is 9.87. The van der Waals surface area contributed by atoms with Crippen molar-refractivity contribution < 1.29 is 9.47 Å². The van der Waals surface area contributed by atoms with E-state index in [4.69, 9.17) is 9.47 Å². The third-order valence-electron chi connectivity index (χ3n) is 4.45. The van der Waals surface area contributed by atoms with Crippen molar-refractivity contribution in [2.45, 2.75) is 31.1 Å². The molecular weight excluding hydrogens is 238 g/mol. The first-order valence-corrected chi connectivity index (χ1v) is 7.35. The van der Waals surface area contributed by atoms with Crippen molar-refractivity contribution >= 4 is 0 Å². The summed E-state index contributed by atoms with van der Waals surface area (Å²) in [5.74, 6) is 2.31. The van der Waals surface area contributed by atoms with E-state index in [0.29, 0.717) is 11.8 Å². The number of benzene rings is 1. The summed E-state index contributed by atoms with van der Waals surface area (Å²) >= 11 is 0. The van der Waals surface area contributed by atoms with Crippen LogP contribution in [0.15, 0.2) is 18.2 Å². The third kappa shape index (κ3) is 2.77. The topological polar surface area (TPSA) is 30.5 Å². The number of ether oxygens (including phenoxy) is 2. The van der Waals surface area contributed by atoms with Crippen molar-refractivity contribution in [1.29, 1.82) is 0 Å². The van der Waals surface area contributed by atoms with Crippen molar-refractivity contribution in [2.24, 2.45) is 0 Å². The maximum absolute atomic E-state index is 5.55. The van der Waals surface area contributed by atoms with E-state index in [1.54, 1.807) is 7.11 Å². The highest BCUT2D eigenvalue weighted by Gasteiger charge is 2.23. The van der Waals surface area contributed by atoms with Gasteiger partial charge in [0.05, 0.1) is 7.11 Å². The Labute approximate surface area is 115 Å². The zero-order valence-corrected chi connectivity index (χ0v) is 11.7. The van der Waals surface area contributed by atoms with E-state index in [-0.39, 0.29) is 0 Å². The zero-order chi connectivity index (χ0) is 13.1. The second kappa shape index (κ2) is 5.93. The fourth-order valence-corrected chi connectivity index (χ4v) is 3.28. The largest absolute Gasteiger partial charge is 0.496 e. The summed E-state index contributed by atoms with van der Waals surface area (Å²) < 4.78 is 11.0. The van der Waals surface area contributed by atoms with E-state index < -0.39 is 0 Å². The molecule has 19 heavy (non-hydrogen) atoms. The lowest BCUT2D eigenvalue weighted by Gasteiger charge is -2.24. The molecule has 1 atom stereocenters. The molecule has 1 aromatic carbocycles. The minimum atomic E-state index is 0.606. The predicted octanol–water partition coefficient (Wildman–Crippen LogP) is 2.67. The Balaban J connectivity index is 1.87. The van der Waals surface area contributed by atoms with Gasteiger partial charge in [-0.25, -0.2) is 0 Å². The van der Waals surface area contributed by atoms with Gasteiger partial charge in [0.2, 0.25) is 0 Å². The maximum Gasteiger partial charge on any atom is 0.122 e. The van der Waals surface area contributed by atoms with E-state index in [9.17, 15) is 0 Å². The SMILES string of the molecule is COc1ccc(C2CCOCC2)cc1C1CCNC1. The van der Waals surface area contributed by atoms with Crippen LogP contribution < -0.4 is 10.1 Å². The minimum absolute atomic E-state index is 0.606. The van der Waals surface area contributed by atoms with Gasteiger partial charge in [0.1, 0.15) is 5.75 Å². The van der Waals surface area contributed by atoms with Crippen LogP contribution in [0.5, 0.6) is 5.75 Å². The molecule has 104 valence electrons. The number of methoxy groups -OCH3 is 1. The van der Waals surface area contributed by atoms with Crippen LogP contribution in [0.1, 0.15) is 42.2 Å². The van der Waals surface area contributed by atoms with E-state index in [1.165, 1.54) is 17.5 Å². The Kier molecular flexibility index (Phi) is 4.04. The van der Waals surface area contributed by atoms with E-state index >= 15 is 0 Å². The summed E-state index contributed by atoms with van der Waals surface area (Å²) in [6.45, 7) is 4.00. The fourth-order valence-electron chi connectivity index (χ4n) is 3.28. The molecule has 0 radical (unpaired) electrons. The first kappa shape index (κ1) is 12.9. The Morgan fingerprint density at radius 1 is 1.16 bits per heavy atom. The predicted molar refractivity (Wildman–Crippen MR) is 76.0 cm³/mol. The first-order chi connectivity index (χ1) is 9.38. The van der Waals surface area contributed by atoms with Crippen molar-refractivity contribution in [3.8, 4) is 5.75 Å². The first-order valence-electron chi connectivity index (χ1n) is 7.35. The number of hydrogen-bond acceptors (Lipinski definition) is 3. The van der Waals surface area contributed by atoms with Gasteiger partial charge in [0, 0.05) is 25.7 Å². The molecular formula is C16H23NO2. The monoisotopic (exact) mass is 261 g/mol. The van der Waals surface area contributed by atoms with Crippen LogP contribution in [0.4, 0.5) is 0 Å². The molecule has 3 heteroatoms. The molecule has 2 heterocycles. The van der Waals surface area contributed by atoms with Gasteiger partial charge in [-0.3, -0.25) is 0 Å². The van der Waals surface area contributed by atoms with Crippen molar-refractivity contribution in [1.82, 2.24) is 5.32 Å².